The average molecular weight is 425 g/mol. The number of aryl methyl sites for hydroxylation is 1. The molecule has 1 N–H and O–H groups in total. The first-order chi connectivity index (χ1) is 12.9. The summed E-state index contributed by atoms with van der Waals surface area (Å²) in [4.78, 5) is 12.0. The van der Waals surface area contributed by atoms with E-state index in [1.807, 2.05) is 33.0 Å². The minimum atomic E-state index is -0.355. The number of rotatable bonds is 7. The number of aromatic nitrogens is 5. The third-order valence-electron chi connectivity index (χ3n) is 3.56. The molecule has 3 rings (SSSR count). The first-order valence-electron chi connectivity index (χ1n) is 7.95. The lowest BCUT2D eigenvalue weighted by Gasteiger charge is -2.15. The van der Waals surface area contributed by atoms with Crippen LogP contribution in [0, 0.1) is 6.92 Å². The summed E-state index contributed by atoms with van der Waals surface area (Å²) in [6, 6.07) is 5.60. The predicted molar refractivity (Wildman–Crippen MR) is 105 cm³/mol. The molecule has 142 valence electrons. The van der Waals surface area contributed by atoms with Crippen LogP contribution in [-0.4, -0.2) is 36.6 Å². The number of nitrogens with one attached hydrogen (secondary N) is 1. The summed E-state index contributed by atoms with van der Waals surface area (Å²) < 4.78 is 7.75. The normalized spacial score (nSPS) is 12.0. The van der Waals surface area contributed by atoms with E-state index in [0.29, 0.717) is 26.9 Å². The molecule has 0 aliphatic carbocycles. The number of hydrogen-bond donors (Lipinski definition) is 1. The van der Waals surface area contributed by atoms with E-state index in [-0.39, 0.29) is 17.8 Å². The molecular weight excluding hydrogens is 408 g/mol. The third kappa shape index (κ3) is 4.96. The Morgan fingerprint density at radius 2 is 2.22 bits per heavy atom. The molecule has 0 fully saturated rings. The van der Waals surface area contributed by atoms with Crippen LogP contribution in [-0.2, 0) is 11.8 Å². The van der Waals surface area contributed by atoms with Crippen molar-refractivity contribution in [1.29, 1.82) is 0 Å². The Kier molecular flexibility index (Phi) is 6.30. The molecule has 0 aliphatic heterocycles. The number of nitrogens with zero attached hydrogens (tertiary/aromatic N) is 5. The lowest BCUT2D eigenvalue weighted by molar-refractivity contribution is -0.113. The monoisotopic (exact) mass is 424 g/mol. The molecule has 0 radical (unpaired) electrons. The molecule has 11 heteroatoms. The molecule has 3 aromatic rings. The van der Waals surface area contributed by atoms with Gasteiger partial charge >= 0.3 is 0 Å². The van der Waals surface area contributed by atoms with E-state index in [9.17, 15) is 4.79 Å². The van der Waals surface area contributed by atoms with Gasteiger partial charge in [-0.1, -0.05) is 40.8 Å². The van der Waals surface area contributed by atoms with Gasteiger partial charge in [0.25, 0.3) is 0 Å². The van der Waals surface area contributed by atoms with Gasteiger partial charge in [0, 0.05) is 7.05 Å². The zero-order chi connectivity index (χ0) is 19.4. The van der Waals surface area contributed by atoms with Crippen molar-refractivity contribution in [2.45, 2.75) is 25.1 Å². The molecule has 0 saturated heterocycles. The molecule has 0 aliphatic rings. The molecule has 1 aromatic carbocycles. The highest BCUT2D eigenvalue weighted by Gasteiger charge is 2.19. The molecule has 0 bridgehead atoms. The lowest BCUT2D eigenvalue weighted by atomic mass is 10.2. The van der Waals surface area contributed by atoms with Crippen LogP contribution in [0.5, 0.6) is 5.75 Å². The third-order valence-corrected chi connectivity index (χ3v) is 5.50. The second-order valence-electron chi connectivity index (χ2n) is 5.67. The molecule has 1 unspecified atom stereocenters. The van der Waals surface area contributed by atoms with Gasteiger partial charge in [0.2, 0.25) is 11.0 Å². The van der Waals surface area contributed by atoms with Crippen molar-refractivity contribution >= 4 is 45.7 Å². The largest absolute Gasteiger partial charge is 0.481 e. The summed E-state index contributed by atoms with van der Waals surface area (Å²) in [6.07, 6.45) is -0.355. The molecular formula is C16H17ClN6O2S2. The van der Waals surface area contributed by atoms with Crippen LogP contribution in [0.1, 0.15) is 24.4 Å². The summed E-state index contributed by atoms with van der Waals surface area (Å²) in [6.45, 7) is 3.84. The standard InChI is InChI=1S/C16H17ClN6O2S2/c1-9-4-5-11(17)12(6-9)25-10(2)14-20-22-16(23(14)3)26-7-13(24)19-15-21-18-8-27-15/h4-6,8,10H,7H2,1-3H3,(H,19,21,24). The number of thioether (sulfide) groups is 1. The van der Waals surface area contributed by atoms with Crippen LogP contribution in [0.3, 0.4) is 0 Å². The van der Waals surface area contributed by atoms with Crippen molar-refractivity contribution in [2.75, 3.05) is 11.1 Å². The van der Waals surface area contributed by atoms with Crippen LogP contribution in [0.4, 0.5) is 5.13 Å². The summed E-state index contributed by atoms with van der Waals surface area (Å²) in [5.41, 5.74) is 2.61. The van der Waals surface area contributed by atoms with Gasteiger partial charge in [0.05, 0.1) is 10.8 Å². The van der Waals surface area contributed by atoms with Crippen LogP contribution in [0.15, 0.2) is 28.9 Å². The topological polar surface area (TPSA) is 94.8 Å². The van der Waals surface area contributed by atoms with Gasteiger partial charge in [-0.15, -0.1) is 20.4 Å². The Hall–Kier alpha value is -2.17. The Balaban J connectivity index is 1.62. The highest BCUT2D eigenvalue weighted by atomic mass is 35.5. The van der Waals surface area contributed by atoms with Crippen LogP contribution in [0.25, 0.3) is 0 Å². The van der Waals surface area contributed by atoms with Crippen molar-refractivity contribution in [3.63, 3.8) is 0 Å². The quantitative estimate of drug-likeness (QED) is 0.580. The number of anilines is 1. The fraction of sp³-hybridized carbons (Fsp3) is 0.312. The number of benzene rings is 1. The Bertz CT molecular complexity index is 931. The zero-order valence-corrected chi connectivity index (χ0v) is 17.2. The molecule has 8 nitrogen and oxygen atoms in total. The second-order valence-corrected chi connectivity index (χ2v) is 7.86. The summed E-state index contributed by atoms with van der Waals surface area (Å²) in [7, 11) is 1.83. The first-order valence-corrected chi connectivity index (χ1v) is 10.2. The fourth-order valence-electron chi connectivity index (χ4n) is 2.26. The number of hydrogen-bond acceptors (Lipinski definition) is 8. The summed E-state index contributed by atoms with van der Waals surface area (Å²) >= 11 is 8.73. The second kappa shape index (κ2) is 8.68. The van der Waals surface area contributed by atoms with Crippen molar-refractivity contribution < 1.29 is 9.53 Å². The molecule has 27 heavy (non-hydrogen) atoms. The van der Waals surface area contributed by atoms with E-state index in [1.165, 1.54) is 23.1 Å². The van der Waals surface area contributed by atoms with E-state index >= 15 is 0 Å². The van der Waals surface area contributed by atoms with Gasteiger partial charge in [-0.05, 0) is 31.5 Å². The Morgan fingerprint density at radius 1 is 1.41 bits per heavy atom. The van der Waals surface area contributed by atoms with Crippen molar-refractivity contribution in [1.82, 2.24) is 25.0 Å². The van der Waals surface area contributed by atoms with Gasteiger partial charge < -0.3 is 9.30 Å². The van der Waals surface area contributed by atoms with Crippen LogP contribution >= 0.6 is 34.7 Å². The van der Waals surface area contributed by atoms with Crippen LogP contribution in [0.2, 0.25) is 5.02 Å². The van der Waals surface area contributed by atoms with E-state index in [4.69, 9.17) is 16.3 Å². The Morgan fingerprint density at radius 3 is 2.96 bits per heavy atom. The highest BCUT2D eigenvalue weighted by Crippen LogP contribution is 2.30. The molecule has 0 spiro atoms. The van der Waals surface area contributed by atoms with E-state index in [0.717, 1.165) is 5.56 Å². The van der Waals surface area contributed by atoms with Crippen molar-refractivity contribution in [2.24, 2.45) is 7.05 Å². The van der Waals surface area contributed by atoms with Gasteiger partial charge in [0.15, 0.2) is 17.1 Å². The molecule has 2 aromatic heterocycles. The fourth-order valence-corrected chi connectivity index (χ4v) is 3.60. The van der Waals surface area contributed by atoms with E-state index < -0.39 is 0 Å². The first kappa shape index (κ1) is 19.6. The predicted octanol–water partition coefficient (Wildman–Crippen LogP) is 3.50. The van der Waals surface area contributed by atoms with Gasteiger partial charge in [-0.25, -0.2) is 0 Å². The number of halogens is 1. The SMILES string of the molecule is Cc1ccc(Cl)c(OC(C)c2nnc(SCC(=O)Nc3nncs3)n2C)c1. The molecule has 0 saturated carbocycles. The van der Waals surface area contributed by atoms with Crippen molar-refractivity contribution in [3.8, 4) is 5.75 Å². The summed E-state index contributed by atoms with van der Waals surface area (Å²) in [5, 5.41) is 20.1. The van der Waals surface area contributed by atoms with Gasteiger partial charge in [0.1, 0.15) is 11.3 Å². The van der Waals surface area contributed by atoms with Crippen molar-refractivity contribution in [3.05, 3.63) is 40.1 Å². The maximum Gasteiger partial charge on any atom is 0.236 e. The van der Waals surface area contributed by atoms with Gasteiger partial charge in [-0.2, -0.15) is 0 Å². The Labute approximate surface area is 169 Å². The minimum Gasteiger partial charge on any atom is -0.481 e. The number of carbonyl (C=O) groups is 1. The van der Waals surface area contributed by atoms with Crippen LogP contribution < -0.4 is 10.1 Å². The summed E-state index contributed by atoms with van der Waals surface area (Å²) in [5.74, 6) is 1.24. The molecule has 1 amide bonds. The average Bonchev–Trinajstić information content (AvgIpc) is 3.26. The number of carbonyl (C=O) groups excluding carboxylic acids is 1. The molecule has 1 atom stereocenters. The minimum absolute atomic E-state index is 0.183. The zero-order valence-electron chi connectivity index (χ0n) is 14.8. The maximum absolute atomic E-state index is 12.0. The maximum atomic E-state index is 12.0. The number of amides is 1. The molecule has 2 heterocycles. The number of ether oxygens (including phenoxy) is 1. The van der Waals surface area contributed by atoms with E-state index in [2.05, 4.69) is 25.7 Å². The van der Waals surface area contributed by atoms with Gasteiger partial charge in [-0.3, -0.25) is 10.1 Å². The smallest absolute Gasteiger partial charge is 0.236 e. The highest BCUT2D eigenvalue weighted by molar-refractivity contribution is 7.99. The van der Waals surface area contributed by atoms with E-state index in [1.54, 1.807) is 16.1 Å². The lowest BCUT2D eigenvalue weighted by Crippen LogP contribution is -2.14.